The summed E-state index contributed by atoms with van der Waals surface area (Å²) in [6.45, 7) is 7.24. The van der Waals surface area contributed by atoms with Crippen molar-refractivity contribution in [1.29, 1.82) is 0 Å². The first-order valence-corrected chi connectivity index (χ1v) is 6.29. The Morgan fingerprint density at radius 2 is 2.18 bits per heavy atom. The van der Waals surface area contributed by atoms with E-state index in [9.17, 15) is 0 Å². The summed E-state index contributed by atoms with van der Waals surface area (Å²) >= 11 is 0. The lowest BCUT2D eigenvalue weighted by molar-refractivity contribution is 0.0854. The minimum absolute atomic E-state index is 0.0491. The SMILES string of the molecule is CCCC(OC)c1noc(CC(C)NCC)n1. The Balaban J connectivity index is 2.57. The first kappa shape index (κ1) is 14.1. The maximum absolute atomic E-state index is 5.34. The number of methoxy groups -OCH3 is 1. The second-order valence-corrected chi connectivity index (χ2v) is 4.22. The highest BCUT2D eigenvalue weighted by molar-refractivity contribution is 4.92. The molecule has 0 aliphatic rings. The molecule has 5 nitrogen and oxygen atoms in total. The molecule has 1 heterocycles. The fourth-order valence-corrected chi connectivity index (χ4v) is 1.78. The van der Waals surface area contributed by atoms with Crippen molar-refractivity contribution in [2.75, 3.05) is 13.7 Å². The third-order valence-electron chi connectivity index (χ3n) is 2.64. The molecule has 1 aromatic rings. The highest BCUT2D eigenvalue weighted by Gasteiger charge is 2.17. The van der Waals surface area contributed by atoms with E-state index in [-0.39, 0.29) is 6.10 Å². The van der Waals surface area contributed by atoms with Gasteiger partial charge in [0.15, 0.2) is 0 Å². The summed E-state index contributed by atoms with van der Waals surface area (Å²) in [5, 5.41) is 7.29. The Morgan fingerprint density at radius 1 is 1.41 bits per heavy atom. The van der Waals surface area contributed by atoms with E-state index in [1.807, 2.05) is 0 Å². The molecular formula is C12H23N3O2. The number of likely N-dealkylation sites (N-methyl/N-ethyl adjacent to an activating group) is 1. The molecule has 0 aliphatic carbocycles. The molecule has 0 fully saturated rings. The van der Waals surface area contributed by atoms with Crippen molar-refractivity contribution >= 4 is 0 Å². The molecule has 2 unspecified atom stereocenters. The van der Waals surface area contributed by atoms with Crippen molar-refractivity contribution in [1.82, 2.24) is 15.5 Å². The lowest BCUT2D eigenvalue weighted by Crippen LogP contribution is -2.27. The van der Waals surface area contributed by atoms with Crippen LogP contribution in [0, 0.1) is 0 Å². The summed E-state index contributed by atoms with van der Waals surface area (Å²) in [5.74, 6) is 1.33. The fourth-order valence-electron chi connectivity index (χ4n) is 1.78. The zero-order valence-electron chi connectivity index (χ0n) is 11.2. The van der Waals surface area contributed by atoms with Crippen molar-refractivity contribution in [2.45, 2.75) is 52.2 Å². The number of hydrogen-bond donors (Lipinski definition) is 1. The van der Waals surface area contributed by atoms with Crippen LogP contribution in [0.4, 0.5) is 0 Å². The normalized spacial score (nSPS) is 14.8. The number of hydrogen-bond acceptors (Lipinski definition) is 5. The van der Waals surface area contributed by atoms with E-state index in [1.165, 1.54) is 0 Å². The molecule has 1 N–H and O–H groups in total. The van der Waals surface area contributed by atoms with Crippen LogP contribution >= 0.6 is 0 Å². The highest BCUT2D eigenvalue weighted by Crippen LogP contribution is 2.19. The van der Waals surface area contributed by atoms with Gasteiger partial charge in [0.25, 0.3) is 0 Å². The molecule has 0 aliphatic heterocycles. The molecule has 17 heavy (non-hydrogen) atoms. The van der Waals surface area contributed by atoms with Crippen LogP contribution in [0.25, 0.3) is 0 Å². The van der Waals surface area contributed by atoms with Gasteiger partial charge in [0.05, 0.1) is 0 Å². The Hall–Kier alpha value is -0.940. The fraction of sp³-hybridized carbons (Fsp3) is 0.833. The third-order valence-corrected chi connectivity index (χ3v) is 2.64. The topological polar surface area (TPSA) is 60.2 Å². The van der Waals surface area contributed by atoms with Crippen LogP contribution in [-0.2, 0) is 11.2 Å². The van der Waals surface area contributed by atoms with E-state index in [4.69, 9.17) is 9.26 Å². The van der Waals surface area contributed by atoms with E-state index in [0.717, 1.165) is 25.8 Å². The molecule has 0 saturated heterocycles. The second-order valence-electron chi connectivity index (χ2n) is 4.22. The minimum atomic E-state index is -0.0491. The van der Waals surface area contributed by atoms with Gasteiger partial charge in [0, 0.05) is 19.6 Å². The van der Waals surface area contributed by atoms with Crippen LogP contribution in [0.3, 0.4) is 0 Å². The standard InChI is InChI=1S/C12H23N3O2/c1-5-7-10(16-4)12-14-11(17-15-12)8-9(3)13-6-2/h9-10,13H,5-8H2,1-4H3. The van der Waals surface area contributed by atoms with Crippen LogP contribution in [0.15, 0.2) is 4.52 Å². The largest absolute Gasteiger partial charge is 0.373 e. The summed E-state index contributed by atoms with van der Waals surface area (Å²) < 4.78 is 10.6. The lowest BCUT2D eigenvalue weighted by atomic mass is 10.2. The molecule has 98 valence electrons. The van der Waals surface area contributed by atoms with Crippen LogP contribution in [-0.4, -0.2) is 29.8 Å². The van der Waals surface area contributed by atoms with Crippen LogP contribution in [0.2, 0.25) is 0 Å². The van der Waals surface area contributed by atoms with Gasteiger partial charge in [-0.15, -0.1) is 0 Å². The first-order valence-electron chi connectivity index (χ1n) is 6.29. The molecule has 0 amide bonds. The molecule has 0 aromatic carbocycles. The highest BCUT2D eigenvalue weighted by atomic mass is 16.5. The van der Waals surface area contributed by atoms with Crippen molar-refractivity contribution < 1.29 is 9.26 Å². The first-order chi connectivity index (χ1) is 8.21. The predicted octanol–water partition coefficient (Wildman–Crippen LogP) is 2.10. The minimum Gasteiger partial charge on any atom is -0.373 e. The van der Waals surface area contributed by atoms with E-state index in [1.54, 1.807) is 7.11 Å². The Bertz CT molecular complexity index is 314. The average molecular weight is 241 g/mol. The Morgan fingerprint density at radius 3 is 2.76 bits per heavy atom. The third kappa shape index (κ3) is 4.44. The number of aromatic nitrogens is 2. The zero-order chi connectivity index (χ0) is 12.7. The van der Waals surface area contributed by atoms with Crippen LogP contribution < -0.4 is 5.32 Å². The molecular weight excluding hydrogens is 218 g/mol. The molecule has 0 bridgehead atoms. The van der Waals surface area contributed by atoms with Crippen molar-refractivity contribution in [2.24, 2.45) is 0 Å². The van der Waals surface area contributed by atoms with Gasteiger partial charge in [0.1, 0.15) is 6.10 Å². The van der Waals surface area contributed by atoms with Gasteiger partial charge in [-0.2, -0.15) is 4.98 Å². The van der Waals surface area contributed by atoms with Gasteiger partial charge in [-0.05, 0) is 19.9 Å². The van der Waals surface area contributed by atoms with Gasteiger partial charge < -0.3 is 14.6 Å². The zero-order valence-corrected chi connectivity index (χ0v) is 11.2. The summed E-state index contributed by atoms with van der Waals surface area (Å²) in [7, 11) is 1.68. The number of ether oxygens (including phenoxy) is 1. The quantitative estimate of drug-likeness (QED) is 0.755. The monoisotopic (exact) mass is 241 g/mol. The van der Waals surface area contributed by atoms with Crippen LogP contribution in [0.1, 0.15) is 51.4 Å². The number of nitrogens with one attached hydrogen (secondary N) is 1. The summed E-state index contributed by atoms with van der Waals surface area (Å²) in [6, 6.07) is 0.348. The van der Waals surface area contributed by atoms with Crippen molar-refractivity contribution in [3.63, 3.8) is 0 Å². The summed E-state index contributed by atoms with van der Waals surface area (Å²) in [6.07, 6.45) is 2.66. The molecule has 1 rings (SSSR count). The molecule has 5 heteroatoms. The van der Waals surface area contributed by atoms with Crippen molar-refractivity contribution in [3.8, 4) is 0 Å². The molecule has 2 atom stereocenters. The lowest BCUT2D eigenvalue weighted by Gasteiger charge is -2.09. The number of nitrogens with zero attached hydrogens (tertiary/aromatic N) is 2. The van der Waals surface area contributed by atoms with E-state index < -0.39 is 0 Å². The maximum Gasteiger partial charge on any atom is 0.228 e. The maximum atomic E-state index is 5.34. The number of rotatable bonds is 8. The van der Waals surface area contributed by atoms with E-state index in [0.29, 0.717) is 17.8 Å². The molecule has 1 aromatic heterocycles. The van der Waals surface area contributed by atoms with E-state index >= 15 is 0 Å². The van der Waals surface area contributed by atoms with Crippen molar-refractivity contribution in [3.05, 3.63) is 11.7 Å². The van der Waals surface area contributed by atoms with Crippen LogP contribution in [0.5, 0.6) is 0 Å². The van der Waals surface area contributed by atoms with E-state index in [2.05, 4.69) is 36.2 Å². The van der Waals surface area contributed by atoms with Gasteiger partial charge in [0.2, 0.25) is 11.7 Å². The Labute approximate surface area is 103 Å². The average Bonchev–Trinajstić information content (AvgIpc) is 2.74. The van der Waals surface area contributed by atoms with Gasteiger partial charge in [-0.25, -0.2) is 0 Å². The second kappa shape index (κ2) is 7.40. The van der Waals surface area contributed by atoms with Gasteiger partial charge in [-0.3, -0.25) is 0 Å². The van der Waals surface area contributed by atoms with Gasteiger partial charge >= 0.3 is 0 Å². The summed E-state index contributed by atoms with van der Waals surface area (Å²) in [5.41, 5.74) is 0. The van der Waals surface area contributed by atoms with Gasteiger partial charge in [-0.1, -0.05) is 25.4 Å². The predicted molar refractivity (Wildman–Crippen MR) is 65.8 cm³/mol. The molecule has 0 spiro atoms. The Kier molecular flexibility index (Phi) is 6.15. The summed E-state index contributed by atoms with van der Waals surface area (Å²) in [4.78, 5) is 4.38. The smallest absolute Gasteiger partial charge is 0.228 e. The molecule has 0 radical (unpaired) electrons. The molecule has 0 saturated carbocycles.